The van der Waals surface area contributed by atoms with E-state index in [0.29, 0.717) is 64.4 Å². The molecule has 0 N–H and O–H groups in total. The molecule has 0 bridgehead atoms. The van der Waals surface area contributed by atoms with Gasteiger partial charge in [-0.1, -0.05) is 0 Å². The molecule has 2 heterocycles. The van der Waals surface area contributed by atoms with Crippen LogP contribution in [0.2, 0.25) is 0 Å². The van der Waals surface area contributed by atoms with Gasteiger partial charge in [-0.2, -0.15) is 0 Å². The Kier molecular flexibility index (Phi) is 6.41. The number of fused-ring (bicyclic) bond motifs is 1. The van der Waals surface area contributed by atoms with E-state index < -0.39 is 0 Å². The summed E-state index contributed by atoms with van der Waals surface area (Å²) < 4.78 is 29.7. The second-order valence-electron chi connectivity index (χ2n) is 5.03. The van der Waals surface area contributed by atoms with E-state index in [1.54, 1.807) is 17.2 Å². The lowest BCUT2D eigenvalue weighted by Gasteiger charge is -2.14. The zero-order chi connectivity index (χ0) is 16.5. The average Bonchev–Trinajstić information content (AvgIpc) is 3.13. The largest absolute Gasteiger partial charge is 0.487 e. The first-order valence-electron chi connectivity index (χ1n) is 7.91. The fraction of sp³-hybridized carbons (Fsp3) is 0.500. The molecule has 1 aliphatic heterocycles. The topological polar surface area (TPSA) is 76.9 Å². The average molecular weight is 335 g/mol. The lowest BCUT2D eigenvalue weighted by molar-refractivity contribution is 0.00708. The van der Waals surface area contributed by atoms with Gasteiger partial charge in [0.2, 0.25) is 0 Å². The normalized spacial score (nSPS) is 17.7. The standard InChI is InChI=1S/C16H21N3O5/c1-2-15-16(11-14(1)19-12-17-18-13-19)24-10-8-22-6-4-20-3-5-21-7-9-23-15/h1-2,11-13H,3-10H2. The van der Waals surface area contributed by atoms with Crippen LogP contribution in [0.15, 0.2) is 30.9 Å². The van der Waals surface area contributed by atoms with Gasteiger partial charge in [0, 0.05) is 6.07 Å². The van der Waals surface area contributed by atoms with Crippen molar-refractivity contribution in [3.8, 4) is 17.2 Å². The van der Waals surface area contributed by atoms with Gasteiger partial charge in [-0.25, -0.2) is 0 Å². The predicted molar refractivity (Wildman–Crippen MR) is 84.8 cm³/mol. The molecule has 0 radical (unpaired) electrons. The van der Waals surface area contributed by atoms with Crippen LogP contribution in [0.4, 0.5) is 0 Å². The quantitative estimate of drug-likeness (QED) is 0.772. The molecule has 1 aromatic heterocycles. The van der Waals surface area contributed by atoms with Crippen molar-refractivity contribution in [2.75, 3.05) is 52.9 Å². The highest BCUT2D eigenvalue weighted by Crippen LogP contribution is 2.29. The fourth-order valence-corrected chi connectivity index (χ4v) is 2.19. The Balaban J connectivity index is 1.70. The van der Waals surface area contributed by atoms with Gasteiger partial charge >= 0.3 is 0 Å². The first-order valence-corrected chi connectivity index (χ1v) is 7.91. The highest BCUT2D eigenvalue weighted by atomic mass is 16.6. The summed E-state index contributed by atoms with van der Waals surface area (Å²) in [6.07, 6.45) is 3.26. The van der Waals surface area contributed by atoms with E-state index in [2.05, 4.69) is 10.2 Å². The molecule has 0 aliphatic carbocycles. The smallest absolute Gasteiger partial charge is 0.163 e. The van der Waals surface area contributed by atoms with Crippen LogP contribution in [-0.4, -0.2) is 67.6 Å². The van der Waals surface area contributed by atoms with Crippen molar-refractivity contribution in [1.82, 2.24) is 14.8 Å². The molecule has 8 heteroatoms. The van der Waals surface area contributed by atoms with Crippen molar-refractivity contribution in [3.63, 3.8) is 0 Å². The molecule has 0 saturated carbocycles. The Morgan fingerprint density at radius 1 is 0.667 bits per heavy atom. The Morgan fingerprint density at radius 2 is 1.21 bits per heavy atom. The van der Waals surface area contributed by atoms with Gasteiger partial charge < -0.3 is 23.7 Å². The number of aromatic nitrogens is 3. The highest BCUT2D eigenvalue weighted by molar-refractivity contribution is 5.48. The second kappa shape index (κ2) is 9.21. The summed E-state index contributed by atoms with van der Waals surface area (Å²) in [7, 11) is 0. The van der Waals surface area contributed by atoms with Crippen molar-refractivity contribution in [3.05, 3.63) is 30.9 Å². The van der Waals surface area contributed by atoms with Crippen LogP contribution < -0.4 is 9.47 Å². The Labute approximate surface area is 140 Å². The molecule has 24 heavy (non-hydrogen) atoms. The third kappa shape index (κ3) is 4.92. The van der Waals surface area contributed by atoms with E-state index in [0.717, 1.165) is 5.69 Å². The molecule has 130 valence electrons. The Hall–Kier alpha value is -2.16. The number of benzene rings is 1. The van der Waals surface area contributed by atoms with Crippen LogP contribution in [0.5, 0.6) is 11.5 Å². The maximum absolute atomic E-state index is 5.82. The van der Waals surface area contributed by atoms with E-state index in [1.165, 1.54) is 0 Å². The molecule has 2 aromatic rings. The fourth-order valence-electron chi connectivity index (χ4n) is 2.19. The third-order valence-corrected chi connectivity index (χ3v) is 3.36. The maximum atomic E-state index is 5.82. The van der Waals surface area contributed by atoms with E-state index >= 15 is 0 Å². The number of hydrogen-bond donors (Lipinski definition) is 0. The van der Waals surface area contributed by atoms with Crippen molar-refractivity contribution < 1.29 is 23.7 Å². The summed E-state index contributed by atoms with van der Waals surface area (Å²) in [4.78, 5) is 0. The van der Waals surface area contributed by atoms with Crippen LogP contribution >= 0.6 is 0 Å². The summed E-state index contributed by atoms with van der Waals surface area (Å²) in [6, 6.07) is 5.68. The van der Waals surface area contributed by atoms with Crippen molar-refractivity contribution >= 4 is 0 Å². The summed E-state index contributed by atoms with van der Waals surface area (Å²) in [5, 5.41) is 7.63. The predicted octanol–water partition coefficient (Wildman–Crippen LogP) is 1.09. The summed E-state index contributed by atoms with van der Waals surface area (Å²) in [5.74, 6) is 1.32. The number of nitrogens with zero attached hydrogens (tertiary/aromatic N) is 3. The Morgan fingerprint density at radius 3 is 1.83 bits per heavy atom. The SMILES string of the molecule is c1cc2c(cc1-n1cnnc1)OCCOCCOCCOCCO2. The van der Waals surface area contributed by atoms with Gasteiger partial charge in [0.05, 0.1) is 45.3 Å². The summed E-state index contributed by atoms with van der Waals surface area (Å²) >= 11 is 0. The molecular weight excluding hydrogens is 314 g/mol. The van der Waals surface area contributed by atoms with Gasteiger partial charge in [0.1, 0.15) is 25.9 Å². The molecule has 3 rings (SSSR count). The Bertz CT molecular complexity index is 606. The molecule has 0 atom stereocenters. The zero-order valence-corrected chi connectivity index (χ0v) is 13.4. The van der Waals surface area contributed by atoms with Crippen LogP contribution in [0, 0.1) is 0 Å². The molecule has 0 saturated heterocycles. The minimum atomic E-state index is 0.429. The molecule has 1 aromatic carbocycles. The maximum Gasteiger partial charge on any atom is 0.163 e. The van der Waals surface area contributed by atoms with Crippen molar-refractivity contribution in [1.29, 1.82) is 0 Å². The molecule has 1 aliphatic rings. The van der Waals surface area contributed by atoms with Gasteiger partial charge in [-0.05, 0) is 12.1 Å². The first kappa shape index (κ1) is 16.7. The van der Waals surface area contributed by atoms with Gasteiger partial charge in [-0.3, -0.25) is 4.57 Å². The molecule has 0 fully saturated rings. The van der Waals surface area contributed by atoms with E-state index in [4.69, 9.17) is 23.7 Å². The second-order valence-corrected chi connectivity index (χ2v) is 5.03. The molecule has 0 spiro atoms. The minimum Gasteiger partial charge on any atom is -0.487 e. The first-order chi connectivity index (χ1) is 11.9. The van der Waals surface area contributed by atoms with Crippen LogP contribution in [-0.2, 0) is 14.2 Å². The minimum absolute atomic E-state index is 0.429. The lowest BCUT2D eigenvalue weighted by atomic mass is 10.2. The highest BCUT2D eigenvalue weighted by Gasteiger charge is 2.09. The van der Waals surface area contributed by atoms with Crippen molar-refractivity contribution in [2.45, 2.75) is 0 Å². The molecule has 0 unspecified atom stereocenters. The molecule has 8 nitrogen and oxygen atoms in total. The van der Waals surface area contributed by atoms with Gasteiger partial charge in [0.25, 0.3) is 0 Å². The molecular formula is C16H21N3O5. The van der Waals surface area contributed by atoms with E-state index in [-0.39, 0.29) is 0 Å². The van der Waals surface area contributed by atoms with Crippen LogP contribution in [0.1, 0.15) is 0 Å². The third-order valence-electron chi connectivity index (χ3n) is 3.36. The summed E-state index contributed by atoms with van der Waals surface area (Å²) in [5.41, 5.74) is 0.894. The number of ether oxygens (including phenoxy) is 5. The van der Waals surface area contributed by atoms with Crippen LogP contribution in [0.25, 0.3) is 5.69 Å². The van der Waals surface area contributed by atoms with Crippen molar-refractivity contribution in [2.24, 2.45) is 0 Å². The zero-order valence-electron chi connectivity index (χ0n) is 13.4. The van der Waals surface area contributed by atoms with Gasteiger partial charge in [-0.15, -0.1) is 10.2 Å². The monoisotopic (exact) mass is 335 g/mol. The molecule has 0 amide bonds. The van der Waals surface area contributed by atoms with Gasteiger partial charge in [0.15, 0.2) is 11.5 Å². The lowest BCUT2D eigenvalue weighted by Crippen LogP contribution is -2.13. The van der Waals surface area contributed by atoms with E-state index in [9.17, 15) is 0 Å². The van der Waals surface area contributed by atoms with E-state index in [1.807, 2.05) is 18.2 Å². The summed E-state index contributed by atoms with van der Waals surface area (Å²) in [6.45, 7) is 4.03. The number of rotatable bonds is 1. The number of hydrogen-bond acceptors (Lipinski definition) is 7. The van der Waals surface area contributed by atoms with Crippen LogP contribution in [0.3, 0.4) is 0 Å².